The minimum absolute atomic E-state index is 0.342. The molecule has 0 aliphatic heterocycles. The lowest BCUT2D eigenvalue weighted by molar-refractivity contribution is 0.466. The average molecular weight is 298 g/mol. The zero-order chi connectivity index (χ0) is 14.7. The minimum atomic E-state index is 0.342. The summed E-state index contributed by atoms with van der Waals surface area (Å²) in [7, 11) is 0. The number of nitrogens with one attached hydrogen (secondary N) is 1. The van der Waals surface area contributed by atoms with E-state index in [1.54, 1.807) is 17.4 Å². The number of aromatic nitrogens is 1. The van der Waals surface area contributed by atoms with Gasteiger partial charge >= 0.3 is 0 Å². The van der Waals surface area contributed by atoms with Gasteiger partial charge in [0, 0.05) is 29.7 Å². The second-order valence-corrected chi connectivity index (χ2v) is 6.16. The van der Waals surface area contributed by atoms with Gasteiger partial charge in [0.1, 0.15) is 10.8 Å². The van der Waals surface area contributed by atoms with Crippen LogP contribution in [0.15, 0.2) is 42.6 Å². The van der Waals surface area contributed by atoms with Gasteiger partial charge in [-0.3, -0.25) is 0 Å². The molecule has 0 fully saturated rings. The van der Waals surface area contributed by atoms with Gasteiger partial charge in [0.2, 0.25) is 0 Å². The first-order chi connectivity index (χ1) is 10.3. The van der Waals surface area contributed by atoms with Gasteiger partial charge in [-0.15, -0.1) is 11.3 Å². The smallest absolute Gasteiger partial charge is 0.120 e. The molecule has 0 bridgehead atoms. The van der Waals surface area contributed by atoms with Crippen LogP contribution in [0.1, 0.15) is 22.4 Å². The maximum absolute atomic E-state index is 10.1. The van der Waals surface area contributed by atoms with Crippen molar-refractivity contribution in [3.05, 3.63) is 58.0 Å². The summed E-state index contributed by atoms with van der Waals surface area (Å²) in [6, 6.07) is 11.8. The second-order valence-electron chi connectivity index (χ2n) is 4.96. The van der Waals surface area contributed by atoms with Crippen LogP contribution in [0, 0.1) is 0 Å². The molecule has 0 aliphatic rings. The van der Waals surface area contributed by atoms with Crippen LogP contribution >= 0.6 is 11.3 Å². The number of hydrogen-bond donors (Lipinski definition) is 2. The highest BCUT2D eigenvalue weighted by Gasteiger charge is 2.07. The summed E-state index contributed by atoms with van der Waals surface area (Å²) in [5.41, 5.74) is 0.945. The standard InChI is InChI=1S/C17H18N2OS/c1-2-13-9-19-17(21-13)11-18-10-15-14-6-4-3-5-12(14)7-8-16(15)20/h3-9,18,20H,2,10-11H2,1H3. The Morgan fingerprint density at radius 2 is 2.00 bits per heavy atom. The van der Waals surface area contributed by atoms with E-state index >= 15 is 0 Å². The molecule has 0 aliphatic carbocycles. The van der Waals surface area contributed by atoms with Crippen molar-refractivity contribution >= 4 is 22.1 Å². The van der Waals surface area contributed by atoms with Gasteiger partial charge < -0.3 is 10.4 Å². The van der Waals surface area contributed by atoms with Gasteiger partial charge in [0.05, 0.1) is 0 Å². The van der Waals surface area contributed by atoms with Gasteiger partial charge in [0.25, 0.3) is 0 Å². The van der Waals surface area contributed by atoms with Gasteiger partial charge in [-0.05, 0) is 23.3 Å². The normalized spacial score (nSPS) is 11.1. The highest BCUT2D eigenvalue weighted by atomic mass is 32.1. The van der Waals surface area contributed by atoms with E-state index in [-0.39, 0.29) is 0 Å². The third kappa shape index (κ3) is 3.06. The SMILES string of the molecule is CCc1cnc(CNCc2c(O)ccc3ccccc23)s1. The summed E-state index contributed by atoms with van der Waals surface area (Å²) >= 11 is 1.74. The van der Waals surface area contributed by atoms with Gasteiger partial charge in [-0.25, -0.2) is 4.98 Å². The number of fused-ring (bicyclic) bond motifs is 1. The number of rotatable bonds is 5. The molecule has 3 rings (SSSR count). The number of nitrogens with zero attached hydrogens (tertiary/aromatic N) is 1. The van der Waals surface area contributed by atoms with Crippen LogP contribution in [-0.4, -0.2) is 10.1 Å². The van der Waals surface area contributed by atoms with Gasteiger partial charge in [-0.2, -0.15) is 0 Å². The van der Waals surface area contributed by atoms with Gasteiger partial charge in [-0.1, -0.05) is 37.3 Å². The fourth-order valence-electron chi connectivity index (χ4n) is 2.40. The largest absolute Gasteiger partial charge is 0.508 e. The van der Waals surface area contributed by atoms with E-state index in [4.69, 9.17) is 0 Å². The maximum Gasteiger partial charge on any atom is 0.120 e. The molecule has 21 heavy (non-hydrogen) atoms. The van der Waals surface area contributed by atoms with E-state index < -0.39 is 0 Å². The zero-order valence-corrected chi connectivity index (χ0v) is 12.8. The zero-order valence-electron chi connectivity index (χ0n) is 12.0. The molecule has 108 valence electrons. The Balaban J connectivity index is 1.74. The van der Waals surface area contributed by atoms with E-state index in [9.17, 15) is 5.11 Å². The first kappa shape index (κ1) is 14.0. The first-order valence-corrected chi connectivity index (χ1v) is 7.93. The molecule has 0 spiro atoms. The highest BCUT2D eigenvalue weighted by Crippen LogP contribution is 2.27. The molecule has 3 aromatic rings. The van der Waals surface area contributed by atoms with Crippen LogP contribution in [0.2, 0.25) is 0 Å². The van der Waals surface area contributed by atoms with Gasteiger partial charge in [0.15, 0.2) is 0 Å². The Morgan fingerprint density at radius 1 is 1.14 bits per heavy atom. The Labute approximate surface area is 128 Å². The van der Waals surface area contributed by atoms with Crippen molar-refractivity contribution in [2.45, 2.75) is 26.4 Å². The fraction of sp³-hybridized carbons (Fsp3) is 0.235. The van der Waals surface area contributed by atoms with Crippen molar-refractivity contribution in [2.75, 3.05) is 0 Å². The van der Waals surface area contributed by atoms with Crippen LogP contribution in [0.3, 0.4) is 0 Å². The van der Waals surface area contributed by atoms with E-state index in [1.807, 2.05) is 30.5 Å². The van der Waals surface area contributed by atoms with Crippen LogP contribution < -0.4 is 5.32 Å². The van der Waals surface area contributed by atoms with E-state index in [0.717, 1.165) is 34.3 Å². The number of hydrogen-bond acceptors (Lipinski definition) is 4. The predicted molar refractivity (Wildman–Crippen MR) is 87.6 cm³/mol. The molecule has 0 atom stereocenters. The summed E-state index contributed by atoms with van der Waals surface area (Å²) < 4.78 is 0. The van der Waals surface area contributed by atoms with Crippen LogP contribution in [-0.2, 0) is 19.5 Å². The summed E-state index contributed by atoms with van der Waals surface area (Å²) in [5, 5.41) is 16.8. The van der Waals surface area contributed by atoms with Crippen molar-refractivity contribution < 1.29 is 5.11 Å². The van der Waals surface area contributed by atoms with E-state index in [1.165, 1.54) is 4.88 Å². The molecule has 0 amide bonds. The lowest BCUT2D eigenvalue weighted by atomic mass is 10.0. The fourth-order valence-corrected chi connectivity index (χ4v) is 3.23. The number of thiazole rings is 1. The number of phenols is 1. The quantitative estimate of drug-likeness (QED) is 0.752. The topological polar surface area (TPSA) is 45.2 Å². The maximum atomic E-state index is 10.1. The number of aryl methyl sites for hydroxylation is 1. The van der Waals surface area contributed by atoms with Crippen molar-refractivity contribution in [1.82, 2.24) is 10.3 Å². The predicted octanol–water partition coefficient (Wildman–Crippen LogP) is 3.85. The Bertz CT molecular complexity index is 751. The number of phenolic OH excluding ortho intramolecular Hbond substituents is 1. The molecule has 2 N–H and O–H groups in total. The average Bonchev–Trinajstić information content (AvgIpc) is 2.97. The van der Waals surface area contributed by atoms with Crippen molar-refractivity contribution in [1.29, 1.82) is 0 Å². The lowest BCUT2D eigenvalue weighted by Crippen LogP contribution is -2.12. The van der Waals surface area contributed by atoms with Crippen LogP contribution in [0.5, 0.6) is 5.75 Å². The van der Waals surface area contributed by atoms with E-state index in [2.05, 4.69) is 23.3 Å². The molecule has 0 saturated heterocycles. The molecule has 0 unspecified atom stereocenters. The number of aromatic hydroxyl groups is 1. The van der Waals surface area contributed by atoms with Crippen molar-refractivity contribution in [3.63, 3.8) is 0 Å². The minimum Gasteiger partial charge on any atom is -0.508 e. The molecule has 1 heterocycles. The van der Waals surface area contributed by atoms with Crippen LogP contribution in [0.4, 0.5) is 0 Å². The Morgan fingerprint density at radius 3 is 2.81 bits per heavy atom. The molecule has 0 saturated carbocycles. The monoisotopic (exact) mass is 298 g/mol. The molecule has 1 aromatic heterocycles. The third-order valence-electron chi connectivity index (χ3n) is 3.54. The Kier molecular flexibility index (Phi) is 4.18. The number of benzene rings is 2. The van der Waals surface area contributed by atoms with Crippen molar-refractivity contribution in [3.8, 4) is 5.75 Å². The van der Waals surface area contributed by atoms with E-state index in [0.29, 0.717) is 12.3 Å². The molecule has 0 radical (unpaired) electrons. The first-order valence-electron chi connectivity index (χ1n) is 7.12. The summed E-state index contributed by atoms with van der Waals surface area (Å²) in [4.78, 5) is 5.70. The van der Waals surface area contributed by atoms with Crippen molar-refractivity contribution in [2.24, 2.45) is 0 Å². The lowest BCUT2D eigenvalue weighted by Gasteiger charge is -2.09. The summed E-state index contributed by atoms with van der Waals surface area (Å²) in [6.07, 6.45) is 2.97. The molecule has 3 nitrogen and oxygen atoms in total. The molecule has 4 heteroatoms. The Hall–Kier alpha value is -1.91. The summed E-state index contributed by atoms with van der Waals surface area (Å²) in [6.45, 7) is 3.50. The summed E-state index contributed by atoms with van der Waals surface area (Å²) in [5.74, 6) is 0.342. The molecular weight excluding hydrogens is 280 g/mol. The van der Waals surface area contributed by atoms with Crippen LogP contribution in [0.25, 0.3) is 10.8 Å². The second kappa shape index (κ2) is 6.24. The highest BCUT2D eigenvalue weighted by molar-refractivity contribution is 7.11. The molecular formula is C17H18N2OS. The third-order valence-corrected chi connectivity index (χ3v) is 4.69. The molecule has 2 aromatic carbocycles.